The summed E-state index contributed by atoms with van der Waals surface area (Å²) in [5.41, 5.74) is 6.66. The van der Waals surface area contributed by atoms with E-state index < -0.39 is 11.6 Å². The van der Waals surface area contributed by atoms with Gasteiger partial charge in [-0.05, 0) is 40.7 Å². The summed E-state index contributed by atoms with van der Waals surface area (Å²) in [5, 5.41) is 0. The van der Waals surface area contributed by atoms with Crippen molar-refractivity contribution < 1.29 is 8.78 Å². The zero-order valence-electron chi connectivity index (χ0n) is 8.80. The molecule has 0 aliphatic carbocycles. The zero-order chi connectivity index (χ0) is 12.4. The molecule has 0 bridgehead atoms. The molecule has 0 unspecified atom stereocenters. The number of aromatic nitrogens is 2. The van der Waals surface area contributed by atoms with Gasteiger partial charge in [-0.15, -0.1) is 0 Å². The number of hydrogen-bond donors (Lipinski definition) is 2. The number of imidazole rings is 1. The number of H-pyrrole nitrogens is 1. The third-order valence-electron chi connectivity index (χ3n) is 2.33. The molecule has 1 aromatic carbocycles. The van der Waals surface area contributed by atoms with Crippen LogP contribution in [0, 0.1) is 11.6 Å². The number of rotatable bonds is 3. The number of aromatic amines is 1. The van der Waals surface area contributed by atoms with E-state index in [-0.39, 0.29) is 5.56 Å². The number of nitrogens with two attached hydrogens (primary N) is 1. The van der Waals surface area contributed by atoms with E-state index in [0.29, 0.717) is 29.1 Å². The first-order valence-electron chi connectivity index (χ1n) is 5.01. The van der Waals surface area contributed by atoms with Crippen LogP contribution in [0.25, 0.3) is 11.3 Å². The molecule has 2 rings (SSSR count). The topological polar surface area (TPSA) is 54.7 Å². The molecule has 90 valence electrons. The molecule has 0 radical (unpaired) electrons. The lowest BCUT2D eigenvalue weighted by atomic mass is 10.1. The van der Waals surface area contributed by atoms with Crippen LogP contribution < -0.4 is 5.73 Å². The number of nitrogens with zero attached hydrogens (tertiary/aromatic N) is 1. The van der Waals surface area contributed by atoms with Crippen molar-refractivity contribution in [3.8, 4) is 11.3 Å². The van der Waals surface area contributed by atoms with Gasteiger partial charge in [0.15, 0.2) is 4.73 Å². The molecule has 2 aromatic rings. The Morgan fingerprint density at radius 1 is 1.35 bits per heavy atom. The van der Waals surface area contributed by atoms with Crippen LogP contribution in [0.5, 0.6) is 0 Å². The third kappa shape index (κ3) is 2.53. The van der Waals surface area contributed by atoms with E-state index in [2.05, 4.69) is 25.9 Å². The lowest BCUT2D eigenvalue weighted by Crippen LogP contribution is -2.04. The van der Waals surface area contributed by atoms with Gasteiger partial charge in [-0.1, -0.05) is 0 Å². The van der Waals surface area contributed by atoms with Crippen molar-refractivity contribution in [2.75, 3.05) is 6.54 Å². The van der Waals surface area contributed by atoms with Crippen molar-refractivity contribution in [1.29, 1.82) is 0 Å². The van der Waals surface area contributed by atoms with Gasteiger partial charge in [-0.3, -0.25) is 0 Å². The molecule has 1 heterocycles. The van der Waals surface area contributed by atoms with Crippen molar-refractivity contribution in [2.24, 2.45) is 5.73 Å². The molecular weight excluding hydrogens is 292 g/mol. The summed E-state index contributed by atoms with van der Waals surface area (Å²) < 4.78 is 27.2. The van der Waals surface area contributed by atoms with E-state index in [1.807, 2.05) is 0 Å². The fraction of sp³-hybridized carbons (Fsp3) is 0.182. The first kappa shape index (κ1) is 12.2. The number of hydrogen-bond acceptors (Lipinski definition) is 2. The van der Waals surface area contributed by atoms with Crippen molar-refractivity contribution in [3.63, 3.8) is 0 Å². The summed E-state index contributed by atoms with van der Waals surface area (Å²) in [6, 6.07) is 3.28. The Morgan fingerprint density at radius 2 is 2.12 bits per heavy atom. The van der Waals surface area contributed by atoms with Gasteiger partial charge in [0.05, 0.1) is 5.69 Å². The van der Waals surface area contributed by atoms with E-state index in [1.54, 1.807) is 0 Å². The van der Waals surface area contributed by atoms with Crippen LogP contribution in [-0.2, 0) is 6.42 Å². The molecule has 1 aromatic heterocycles. The Hall–Kier alpha value is -1.27. The summed E-state index contributed by atoms with van der Waals surface area (Å²) in [5.74, 6) is -1.01. The third-order valence-corrected chi connectivity index (χ3v) is 2.70. The van der Waals surface area contributed by atoms with E-state index in [4.69, 9.17) is 5.73 Å². The highest BCUT2D eigenvalue weighted by atomic mass is 79.9. The van der Waals surface area contributed by atoms with Gasteiger partial charge in [0.2, 0.25) is 0 Å². The summed E-state index contributed by atoms with van der Waals surface area (Å²) in [7, 11) is 0. The molecule has 0 saturated heterocycles. The van der Waals surface area contributed by atoms with E-state index >= 15 is 0 Å². The summed E-state index contributed by atoms with van der Waals surface area (Å²) in [6.45, 7) is 0.401. The van der Waals surface area contributed by atoms with Crippen LogP contribution >= 0.6 is 15.9 Å². The van der Waals surface area contributed by atoms with Crippen LogP contribution in [0.3, 0.4) is 0 Å². The van der Waals surface area contributed by atoms with Crippen LogP contribution in [-0.4, -0.2) is 16.5 Å². The standard InChI is InChI=1S/C11H10BrF2N3/c12-11-16-9(3-4-15)10(17-11)7-5-6(13)1-2-8(7)14/h1-2,5H,3-4,15H2,(H,16,17). The second-order valence-corrected chi connectivity index (χ2v) is 4.27. The molecule has 0 fully saturated rings. The Bertz CT molecular complexity index is 540. The Kier molecular flexibility index (Phi) is 3.54. The van der Waals surface area contributed by atoms with Crippen molar-refractivity contribution in [3.05, 3.63) is 40.3 Å². The van der Waals surface area contributed by atoms with Crippen LogP contribution in [0.2, 0.25) is 0 Å². The second-order valence-electron chi connectivity index (χ2n) is 3.52. The number of halogens is 3. The maximum Gasteiger partial charge on any atom is 0.175 e. The smallest absolute Gasteiger partial charge is 0.175 e. The van der Waals surface area contributed by atoms with E-state index in [0.717, 1.165) is 18.2 Å². The van der Waals surface area contributed by atoms with Gasteiger partial charge in [0, 0.05) is 17.7 Å². The predicted octanol–water partition coefficient (Wildman–Crippen LogP) is 2.62. The van der Waals surface area contributed by atoms with Crippen molar-refractivity contribution in [2.45, 2.75) is 6.42 Å². The Labute approximate surface area is 105 Å². The van der Waals surface area contributed by atoms with Gasteiger partial charge in [0.1, 0.15) is 11.6 Å². The zero-order valence-corrected chi connectivity index (χ0v) is 10.4. The van der Waals surface area contributed by atoms with Crippen molar-refractivity contribution >= 4 is 15.9 Å². The minimum atomic E-state index is -0.510. The highest BCUT2D eigenvalue weighted by Gasteiger charge is 2.15. The molecule has 17 heavy (non-hydrogen) atoms. The monoisotopic (exact) mass is 301 g/mol. The molecule has 0 amide bonds. The van der Waals surface area contributed by atoms with Gasteiger partial charge in [-0.25, -0.2) is 13.8 Å². The predicted molar refractivity (Wildman–Crippen MR) is 64.4 cm³/mol. The Morgan fingerprint density at radius 3 is 2.82 bits per heavy atom. The lowest BCUT2D eigenvalue weighted by molar-refractivity contribution is 0.602. The van der Waals surface area contributed by atoms with Gasteiger partial charge in [0.25, 0.3) is 0 Å². The molecule has 3 nitrogen and oxygen atoms in total. The van der Waals surface area contributed by atoms with Crippen LogP contribution in [0.4, 0.5) is 8.78 Å². The fourth-order valence-corrected chi connectivity index (χ4v) is 2.02. The van der Waals surface area contributed by atoms with Gasteiger partial charge in [-0.2, -0.15) is 0 Å². The molecule has 3 N–H and O–H groups in total. The fourth-order valence-electron chi connectivity index (χ4n) is 1.60. The summed E-state index contributed by atoms with van der Waals surface area (Å²) in [6.07, 6.45) is 0.518. The van der Waals surface area contributed by atoms with Crippen molar-refractivity contribution in [1.82, 2.24) is 9.97 Å². The first-order chi connectivity index (χ1) is 8.11. The lowest BCUT2D eigenvalue weighted by Gasteiger charge is -2.03. The molecular formula is C11H10BrF2N3. The largest absolute Gasteiger partial charge is 0.336 e. The summed E-state index contributed by atoms with van der Waals surface area (Å²) in [4.78, 5) is 7.03. The summed E-state index contributed by atoms with van der Waals surface area (Å²) >= 11 is 3.17. The molecule has 6 heteroatoms. The second kappa shape index (κ2) is 4.93. The highest BCUT2D eigenvalue weighted by molar-refractivity contribution is 9.10. The van der Waals surface area contributed by atoms with Gasteiger partial charge >= 0.3 is 0 Å². The molecule has 0 aliphatic heterocycles. The van der Waals surface area contributed by atoms with Crippen LogP contribution in [0.1, 0.15) is 5.69 Å². The SMILES string of the molecule is NCCc1[nH]c(Br)nc1-c1cc(F)ccc1F. The minimum absolute atomic E-state index is 0.135. The maximum atomic E-state index is 13.6. The maximum absolute atomic E-state index is 13.6. The molecule has 0 atom stereocenters. The van der Waals surface area contributed by atoms with Crippen LogP contribution in [0.15, 0.2) is 22.9 Å². The average Bonchev–Trinajstić information content (AvgIpc) is 2.64. The van der Waals surface area contributed by atoms with E-state index in [1.165, 1.54) is 0 Å². The quantitative estimate of drug-likeness (QED) is 0.915. The number of nitrogens with one attached hydrogen (secondary N) is 1. The first-order valence-corrected chi connectivity index (χ1v) is 5.81. The average molecular weight is 302 g/mol. The van der Waals surface area contributed by atoms with Gasteiger partial charge < -0.3 is 10.7 Å². The van der Waals surface area contributed by atoms with E-state index in [9.17, 15) is 8.78 Å². The normalized spacial score (nSPS) is 10.8. The number of benzene rings is 1. The molecule has 0 spiro atoms. The molecule has 0 aliphatic rings. The highest BCUT2D eigenvalue weighted by Crippen LogP contribution is 2.27. The Balaban J connectivity index is 2.55. The minimum Gasteiger partial charge on any atom is -0.336 e. The molecule has 0 saturated carbocycles.